The van der Waals surface area contributed by atoms with Gasteiger partial charge in [0.25, 0.3) is 0 Å². The monoisotopic (exact) mass is 245 g/mol. The van der Waals surface area contributed by atoms with E-state index in [1.54, 1.807) is 4.90 Å². The van der Waals surface area contributed by atoms with Crippen molar-refractivity contribution in [3.05, 3.63) is 12.2 Å². The minimum atomic E-state index is -3.22. The van der Waals surface area contributed by atoms with E-state index in [0.717, 1.165) is 25.5 Å². The molecule has 1 rings (SSSR count). The fourth-order valence-corrected chi connectivity index (χ4v) is 2.44. The smallest absolute Gasteiger partial charge is 0.238 e. The summed E-state index contributed by atoms with van der Waals surface area (Å²) in [6.07, 6.45) is 8.07. The van der Waals surface area contributed by atoms with E-state index >= 15 is 0 Å². The molecule has 0 fully saturated rings. The summed E-state index contributed by atoms with van der Waals surface area (Å²) in [6.45, 7) is 2.64. The van der Waals surface area contributed by atoms with Crippen LogP contribution in [0.3, 0.4) is 0 Å². The Morgan fingerprint density at radius 3 is 2.75 bits per heavy atom. The molecule has 0 radical (unpaired) electrons. The number of amides is 1. The molecule has 4 nitrogen and oxygen atoms in total. The summed E-state index contributed by atoms with van der Waals surface area (Å²) in [7, 11) is -3.22. The maximum Gasteiger partial charge on any atom is 0.238 e. The molecule has 1 aliphatic rings. The Kier molecular flexibility index (Phi) is 4.53. The summed E-state index contributed by atoms with van der Waals surface area (Å²) < 4.78 is 22.1. The van der Waals surface area contributed by atoms with Gasteiger partial charge in [-0.25, -0.2) is 8.42 Å². The van der Waals surface area contributed by atoms with Gasteiger partial charge in [-0.1, -0.05) is 31.9 Å². The first-order valence-electron chi connectivity index (χ1n) is 5.58. The first-order valence-corrected chi connectivity index (χ1v) is 7.64. The summed E-state index contributed by atoms with van der Waals surface area (Å²) in [5, 5.41) is 0. The standard InChI is InChI=1S/C11H19NO3S/c1-3-4-6-10-7-5-8-12(10)11(13)9-16(2,14)15/h5,7,10H,3-4,6,8-9H2,1-2H3/t10-/m0/s1. The number of carbonyl (C=O) groups excluding carboxylic acids is 1. The van der Waals surface area contributed by atoms with E-state index in [0.29, 0.717) is 6.54 Å². The highest BCUT2D eigenvalue weighted by Crippen LogP contribution is 2.16. The normalized spacial score (nSPS) is 20.4. The largest absolute Gasteiger partial charge is 0.332 e. The molecule has 1 aliphatic heterocycles. The van der Waals surface area contributed by atoms with Crippen LogP contribution in [-0.2, 0) is 14.6 Å². The van der Waals surface area contributed by atoms with Crippen molar-refractivity contribution < 1.29 is 13.2 Å². The predicted molar refractivity (Wildman–Crippen MR) is 63.9 cm³/mol. The maximum atomic E-state index is 11.7. The molecule has 0 bridgehead atoms. The molecular weight excluding hydrogens is 226 g/mol. The van der Waals surface area contributed by atoms with Crippen molar-refractivity contribution in [2.75, 3.05) is 18.6 Å². The van der Waals surface area contributed by atoms with E-state index in [1.165, 1.54) is 0 Å². The number of unbranched alkanes of at least 4 members (excludes halogenated alkanes) is 1. The van der Waals surface area contributed by atoms with Gasteiger partial charge in [-0.2, -0.15) is 0 Å². The Bertz CT molecular complexity index is 373. The summed E-state index contributed by atoms with van der Waals surface area (Å²) in [5.74, 6) is -0.661. The Balaban J connectivity index is 2.56. The quantitative estimate of drug-likeness (QED) is 0.679. The van der Waals surface area contributed by atoms with Gasteiger partial charge in [0, 0.05) is 12.8 Å². The minimum Gasteiger partial charge on any atom is -0.332 e. The number of carbonyl (C=O) groups is 1. The average Bonchev–Trinajstić information content (AvgIpc) is 2.59. The highest BCUT2D eigenvalue weighted by atomic mass is 32.2. The number of hydrogen-bond acceptors (Lipinski definition) is 3. The maximum absolute atomic E-state index is 11.7. The zero-order valence-electron chi connectivity index (χ0n) is 9.85. The van der Waals surface area contributed by atoms with Crippen molar-refractivity contribution >= 4 is 15.7 Å². The van der Waals surface area contributed by atoms with Gasteiger partial charge < -0.3 is 4.90 Å². The molecule has 0 aromatic heterocycles. The lowest BCUT2D eigenvalue weighted by Crippen LogP contribution is -2.39. The van der Waals surface area contributed by atoms with Crippen LogP contribution < -0.4 is 0 Å². The summed E-state index contributed by atoms with van der Waals surface area (Å²) in [6, 6.07) is 0.0919. The first-order chi connectivity index (χ1) is 7.44. The molecule has 0 N–H and O–H groups in total. The lowest BCUT2D eigenvalue weighted by atomic mass is 10.1. The third kappa shape index (κ3) is 3.96. The Labute approximate surface area is 97.2 Å². The third-order valence-electron chi connectivity index (χ3n) is 2.62. The lowest BCUT2D eigenvalue weighted by Gasteiger charge is -2.24. The van der Waals surface area contributed by atoms with E-state index in [4.69, 9.17) is 0 Å². The first kappa shape index (κ1) is 13.2. The molecule has 0 unspecified atom stereocenters. The van der Waals surface area contributed by atoms with Crippen LogP contribution >= 0.6 is 0 Å². The second kappa shape index (κ2) is 5.48. The van der Waals surface area contributed by atoms with Crippen molar-refractivity contribution in [3.8, 4) is 0 Å². The minimum absolute atomic E-state index is 0.0919. The molecule has 0 saturated carbocycles. The van der Waals surface area contributed by atoms with Crippen LogP contribution in [0, 0.1) is 0 Å². The summed E-state index contributed by atoms with van der Waals surface area (Å²) >= 11 is 0. The van der Waals surface area contributed by atoms with Crippen molar-refractivity contribution in [3.63, 3.8) is 0 Å². The molecule has 16 heavy (non-hydrogen) atoms. The van der Waals surface area contributed by atoms with Crippen LogP contribution in [0.25, 0.3) is 0 Å². The molecule has 92 valence electrons. The number of rotatable bonds is 5. The van der Waals surface area contributed by atoms with Crippen LogP contribution in [0.5, 0.6) is 0 Å². The molecule has 5 heteroatoms. The lowest BCUT2D eigenvalue weighted by molar-refractivity contribution is -0.128. The van der Waals surface area contributed by atoms with Gasteiger partial charge >= 0.3 is 0 Å². The summed E-state index contributed by atoms with van der Waals surface area (Å²) in [4.78, 5) is 13.4. The van der Waals surface area contributed by atoms with Gasteiger partial charge in [-0.15, -0.1) is 0 Å². The molecule has 0 aromatic carbocycles. The highest BCUT2D eigenvalue weighted by Gasteiger charge is 2.26. The fourth-order valence-electron chi connectivity index (χ4n) is 1.83. The molecule has 0 saturated heterocycles. The van der Waals surface area contributed by atoms with Gasteiger partial charge in [-0.05, 0) is 6.42 Å². The van der Waals surface area contributed by atoms with Gasteiger partial charge in [0.1, 0.15) is 5.75 Å². The second-order valence-corrected chi connectivity index (χ2v) is 6.39. The van der Waals surface area contributed by atoms with Crippen LogP contribution in [0.4, 0.5) is 0 Å². The molecule has 0 aliphatic carbocycles. The van der Waals surface area contributed by atoms with Crippen LogP contribution in [0.15, 0.2) is 12.2 Å². The Morgan fingerprint density at radius 2 is 2.19 bits per heavy atom. The number of sulfone groups is 1. The van der Waals surface area contributed by atoms with E-state index in [-0.39, 0.29) is 17.7 Å². The third-order valence-corrected chi connectivity index (χ3v) is 3.39. The van der Waals surface area contributed by atoms with Gasteiger partial charge in [0.15, 0.2) is 9.84 Å². The molecule has 1 atom stereocenters. The SMILES string of the molecule is CCCC[C@H]1C=CCN1C(=O)CS(C)(=O)=O. The van der Waals surface area contributed by atoms with E-state index in [2.05, 4.69) is 6.92 Å². The van der Waals surface area contributed by atoms with E-state index < -0.39 is 9.84 Å². The Morgan fingerprint density at radius 1 is 1.50 bits per heavy atom. The topological polar surface area (TPSA) is 54.5 Å². The molecule has 0 aromatic rings. The number of nitrogens with zero attached hydrogens (tertiary/aromatic N) is 1. The van der Waals surface area contributed by atoms with E-state index in [1.807, 2.05) is 12.2 Å². The zero-order chi connectivity index (χ0) is 12.2. The molecule has 1 heterocycles. The van der Waals surface area contributed by atoms with Crippen LogP contribution in [0.2, 0.25) is 0 Å². The van der Waals surface area contributed by atoms with Crippen LogP contribution in [-0.4, -0.2) is 43.8 Å². The highest BCUT2D eigenvalue weighted by molar-refractivity contribution is 7.91. The molecular formula is C11H19NO3S. The number of hydrogen-bond donors (Lipinski definition) is 0. The predicted octanol–water partition coefficient (Wildman–Crippen LogP) is 0.988. The van der Waals surface area contributed by atoms with Crippen molar-refractivity contribution in [1.29, 1.82) is 0 Å². The van der Waals surface area contributed by atoms with Crippen LogP contribution in [0.1, 0.15) is 26.2 Å². The van der Waals surface area contributed by atoms with Crippen molar-refractivity contribution in [2.45, 2.75) is 32.2 Å². The van der Waals surface area contributed by atoms with Crippen molar-refractivity contribution in [1.82, 2.24) is 4.90 Å². The van der Waals surface area contributed by atoms with Gasteiger partial charge in [0.05, 0.1) is 6.04 Å². The fraction of sp³-hybridized carbons (Fsp3) is 0.727. The zero-order valence-corrected chi connectivity index (χ0v) is 10.7. The van der Waals surface area contributed by atoms with E-state index in [9.17, 15) is 13.2 Å². The Hall–Kier alpha value is -0.840. The van der Waals surface area contributed by atoms with Gasteiger partial charge in [-0.3, -0.25) is 4.79 Å². The molecule has 1 amide bonds. The van der Waals surface area contributed by atoms with Crippen molar-refractivity contribution in [2.24, 2.45) is 0 Å². The molecule has 0 spiro atoms. The average molecular weight is 245 g/mol. The second-order valence-electron chi connectivity index (χ2n) is 4.25. The van der Waals surface area contributed by atoms with Gasteiger partial charge in [0.2, 0.25) is 5.91 Å². The summed E-state index contributed by atoms with van der Waals surface area (Å²) in [5.41, 5.74) is 0.